The number of rotatable bonds is 9. The molecule has 0 aliphatic rings. The van der Waals surface area contributed by atoms with Gasteiger partial charge in [-0.15, -0.1) is 0 Å². The molecule has 0 heterocycles. The van der Waals surface area contributed by atoms with Gasteiger partial charge in [-0.2, -0.15) is 0 Å². The van der Waals surface area contributed by atoms with Crippen LogP contribution in [0.25, 0.3) is 6.08 Å². The summed E-state index contributed by atoms with van der Waals surface area (Å²) >= 11 is 8.02. The molecule has 160 valence electrons. The summed E-state index contributed by atoms with van der Waals surface area (Å²) in [6.45, 7) is 3.95. The molecule has 0 spiro atoms. The smallest absolute Gasteiger partial charge is 0.345 e. The maximum atomic E-state index is 12.2. The summed E-state index contributed by atoms with van der Waals surface area (Å²) in [7, 11) is 1.52. The van der Waals surface area contributed by atoms with Gasteiger partial charge >= 0.3 is 11.9 Å². The van der Waals surface area contributed by atoms with Gasteiger partial charge < -0.3 is 18.9 Å². The van der Waals surface area contributed by atoms with Crippen LogP contribution in [-0.4, -0.2) is 32.3 Å². The summed E-state index contributed by atoms with van der Waals surface area (Å²) in [5.41, 5.74) is 1.34. The number of carbonyl (C=O) groups excluding carboxylic acids is 2. The normalized spacial score (nSPS) is 10.2. The number of carbonyl (C=O) groups is 2. The van der Waals surface area contributed by atoms with Gasteiger partial charge in [-0.25, -0.2) is 9.59 Å². The van der Waals surface area contributed by atoms with E-state index in [0.29, 0.717) is 28.7 Å². The van der Waals surface area contributed by atoms with Gasteiger partial charge in [0.1, 0.15) is 12.2 Å². The van der Waals surface area contributed by atoms with Gasteiger partial charge in [0.05, 0.1) is 23.9 Å². The van der Waals surface area contributed by atoms with E-state index >= 15 is 0 Å². The van der Waals surface area contributed by atoms with Crippen molar-refractivity contribution in [3.05, 3.63) is 61.7 Å². The summed E-state index contributed by atoms with van der Waals surface area (Å²) in [4.78, 5) is 24.4. The quantitative estimate of drug-likeness (QED) is 0.145. The maximum absolute atomic E-state index is 12.2. The van der Waals surface area contributed by atoms with Crippen LogP contribution in [0.2, 0.25) is 5.02 Å². The van der Waals surface area contributed by atoms with E-state index in [1.807, 2.05) is 12.1 Å². The van der Waals surface area contributed by atoms with Gasteiger partial charge in [-0.3, -0.25) is 0 Å². The first-order valence-corrected chi connectivity index (χ1v) is 10.7. The lowest BCUT2D eigenvalue weighted by molar-refractivity contribution is -0.146. The van der Waals surface area contributed by atoms with Crippen molar-refractivity contribution in [2.24, 2.45) is 0 Å². The molecular weight excluding hydrogens is 523 g/mol. The monoisotopic (exact) mass is 544 g/mol. The molecule has 2 aromatic carbocycles. The minimum Gasteiger partial charge on any atom is -0.493 e. The van der Waals surface area contributed by atoms with Crippen LogP contribution in [0.5, 0.6) is 11.5 Å². The first kappa shape index (κ1) is 24.0. The molecule has 2 aromatic rings. The lowest BCUT2D eigenvalue weighted by Crippen LogP contribution is -2.18. The van der Waals surface area contributed by atoms with E-state index in [4.69, 9.17) is 30.5 Å². The van der Waals surface area contributed by atoms with Crippen molar-refractivity contribution >= 4 is 52.2 Å². The van der Waals surface area contributed by atoms with Crippen LogP contribution < -0.4 is 9.47 Å². The third kappa shape index (κ3) is 6.63. The summed E-state index contributed by atoms with van der Waals surface area (Å²) in [6.07, 6.45) is 1.42. The first-order valence-electron chi connectivity index (χ1n) is 9.20. The van der Waals surface area contributed by atoms with Crippen molar-refractivity contribution in [3.8, 4) is 11.5 Å². The van der Waals surface area contributed by atoms with E-state index < -0.39 is 11.9 Å². The van der Waals surface area contributed by atoms with Gasteiger partial charge in [0.25, 0.3) is 0 Å². The molecule has 0 atom stereocenters. The van der Waals surface area contributed by atoms with Crippen LogP contribution in [-0.2, 0) is 25.7 Å². The van der Waals surface area contributed by atoms with Gasteiger partial charge in [-0.1, -0.05) is 23.7 Å². The average molecular weight is 545 g/mol. The van der Waals surface area contributed by atoms with Crippen molar-refractivity contribution < 1.29 is 28.5 Å². The second kappa shape index (κ2) is 11.8. The molecule has 0 amide bonds. The van der Waals surface area contributed by atoms with Gasteiger partial charge in [0, 0.05) is 5.02 Å². The van der Waals surface area contributed by atoms with E-state index in [1.165, 1.54) is 13.2 Å². The predicted octanol–water partition coefficient (Wildman–Crippen LogP) is 5.04. The van der Waals surface area contributed by atoms with Crippen LogP contribution >= 0.6 is 34.2 Å². The highest BCUT2D eigenvalue weighted by molar-refractivity contribution is 14.1. The molecule has 0 aliphatic heterocycles. The second-order valence-corrected chi connectivity index (χ2v) is 7.55. The van der Waals surface area contributed by atoms with Crippen LogP contribution in [0.1, 0.15) is 25.0 Å². The van der Waals surface area contributed by atoms with E-state index in [0.717, 1.165) is 9.13 Å². The number of benzene rings is 2. The predicted molar refractivity (Wildman–Crippen MR) is 123 cm³/mol. The van der Waals surface area contributed by atoms with Crippen molar-refractivity contribution in [3.63, 3.8) is 0 Å². The SMILES string of the molecule is CCOC(=O)C(=Cc1cc(I)c(OCc2ccc(Cl)cc2)c(OC)c1)C(=O)OCC. The second-order valence-electron chi connectivity index (χ2n) is 5.95. The van der Waals surface area contributed by atoms with E-state index in [9.17, 15) is 9.59 Å². The topological polar surface area (TPSA) is 71.1 Å². The zero-order valence-electron chi connectivity index (χ0n) is 16.9. The standard InChI is InChI=1S/C22H22ClIO6/c1-4-28-21(25)17(22(26)29-5-2)10-15-11-18(24)20(19(12-15)27-3)30-13-14-6-8-16(23)9-7-14/h6-12H,4-5,13H2,1-3H3. The Kier molecular flexibility index (Phi) is 9.45. The Morgan fingerprint density at radius 1 is 1.03 bits per heavy atom. The molecule has 8 heteroatoms. The molecule has 0 unspecified atom stereocenters. The lowest BCUT2D eigenvalue weighted by Gasteiger charge is -2.14. The Labute approximate surface area is 194 Å². The molecule has 6 nitrogen and oxygen atoms in total. The molecule has 0 aliphatic carbocycles. The Morgan fingerprint density at radius 2 is 1.63 bits per heavy atom. The summed E-state index contributed by atoms with van der Waals surface area (Å²) in [5.74, 6) is -0.464. The fourth-order valence-corrected chi connectivity index (χ4v) is 3.39. The van der Waals surface area contributed by atoms with Crippen molar-refractivity contribution in [2.45, 2.75) is 20.5 Å². The molecule has 2 rings (SSSR count). The van der Waals surface area contributed by atoms with Gasteiger partial charge in [0.15, 0.2) is 11.5 Å². The van der Waals surface area contributed by atoms with Crippen LogP contribution in [0.4, 0.5) is 0 Å². The maximum Gasteiger partial charge on any atom is 0.345 e. The lowest BCUT2D eigenvalue weighted by atomic mass is 10.1. The average Bonchev–Trinajstić information content (AvgIpc) is 2.72. The molecular formula is C22H22ClIO6. The number of halogens is 2. The summed E-state index contributed by atoms with van der Waals surface area (Å²) < 4.78 is 22.1. The molecule has 0 aromatic heterocycles. The van der Waals surface area contributed by atoms with E-state index in [-0.39, 0.29) is 18.8 Å². The van der Waals surface area contributed by atoms with Crippen molar-refractivity contribution in [2.75, 3.05) is 20.3 Å². The molecule has 30 heavy (non-hydrogen) atoms. The molecule has 0 fully saturated rings. The number of ether oxygens (including phenoxy) is 4. The largest absolute Gasteiger partial charge is 0.493 e. The number of hydrogen-bond donors (Lipinski definition) is 0. The van der Waals surface area contributed by atoms with Crippen molar-refractivity contribution in [1.29, 1.82) is 0 Å². The Hall–Kier alpha value is -2.26. The minimum atomic E-state index is -0.743. The highest BCUT2D eigenvalue weighted by Crippen LogP contribution is 2.35. The molecule has 0 N–H and O–H groups in total. The van der Waals surface area contributed by atoms with Gasteiger partial charge in [0.2, 0.25) is 0 Å². The zero-order valence-corrected chi connectivity index (χ0v) is 19.8. The van der Waals surface area contributed by atoms with E-state index in [2.05, 4.69) is 22.6 Å². The third-order valence-corrected chi connectivity index (χ3v) is 4.90. The van der Waals surface area contributed by atoms with Crippen LogP contribution in [0.3, 0.4) is 0 Å². The van der Waals surface area contributed by atoms with Crippen molar-refractivity contribution in [1.82, 2.24) is 0 Å². The number of methoxy groups -OCH3 is 1. The van der Waals surface area contributed by atoms with E-state index in [1.54, 1.807) is 38.1 Å². The molecule has 0 radical (unpaired) electrons. The summed E-state index contributed by atoms with van der Waals surface area (Å²) in [5, 5.41) is 0.654. The van der Waals surface area contributed by atoms with Crippen LogP contribution in [0, 0.1) is 3.57 Å². The fraction of sp³-hybridized carbons (Fsp3) is 0.273. The highest BCUT2D eigenvalue weighted by Gasteiger charge is 2.22. The fourth-order valence-electron chi connectivity index (χ4n) is 2.48. The minimum absolute atomic E-state index is 0.147. The Balaban J connectivity index is 2.33. The highest BCUT2D eigenvalue weighted by atomic mass is 127. The first-order chi connectivity index (χ1) is 14.4. The molecule has 0 saturated heterocycles. The Bertz CT molecular complexity index is 904. The summed E-state index contributed by atoms with van der Waals surface area (Å²) in [6, 6.07) is 10.8. The van der Waals surface area contributed by atoms with Gasteiger partial charge in [-0.05, 0) is 77.9 Å². The molecule has 0 bridgehead atoms. The number of esters is 2. The molecule has 0 saturated carbocycles. The zero-order chi connectivity index (χ0) is 22.1. The third-order valence-electron chi connectivity index (χ3n) is 3.85. The Morgan fingerprint density at radius 3 is 2.17 bits per heavy atom. The number of hydrogen-bond acceptors (Lipinski definition) is 6. The van der Waals surface area contributed by atoms with Crippen LogP contribution in [0.15, 0.2) is 42.0 Å².